The van der Waals surface area contributed by atoms with Crippen molar-refractivity contribution in [1.29, 1.82) is 0 Å². The van der Waals surface area contributed by atoms with Gasteiger partial charge in [0.1, 0.15) is 10.6 Å². The van der Waals surface area contributed by atoms with Gasteiger partial charge in [-0.2, -0.15) is 8.42 Å². The van der Waals surface area contributed by atoms with Crippen molar-refractivity contribution in [3.63, 3.8) is 0 Å². The Hall–Kier alpha value is -4.94. The lowest BCUT2D eigenvalue weighted by Gasteiger charge is -2.30. The second kappa shape index (κ2) is 9.18. The minimum absolute atomic E-state index is 0.0608. The summed E-state index contributed by atoms with van der Waals surface area (Å²) < 4.78 is 34.0. The van der Waals surface area contributed by atoms with Gasteiger partial charge in [-0.3, -0.25) is 4.55 Å². The lowest BCUT2D eigenvalue weighted by atomic mass is 9.89. The molecule has 6 N–H and O–H groups in total. The molecular formula is C26H20N4O7S. The highest BCUT2D eigenvalue weighted by Crippen LogP contribution is 2.42. The Bertz CT molecular complexity index is 1770. The second-order valence-corrected chi connectivity index (χ2v) is 9.90. The molecule has 3 aromatic carbocycles. The number of nitrogens with two attached hydrogens (primary N) is 1. The van der Waals surface area contributed by atoms with E-state index in [0.29, 0.717) is 27.8 Å². The first-order valence-electron chi connectivity index (χ1n) is 11.1. The maximum absolute atomic E-state index is 12.1. The highest BCUT2D eigenvalue weighted by molar-refractivity contribution is 7.86. The van der Waals surface area contributed by atoms with Gasteiger partial charge in [-0.15, -0.1) is 5.11 Å². The standard InChI is InChI=1S/C26H20N4O7S/c27-16-7-5-14-12-23(38(35,36)37)24(25(32)20(14)13-16)28-29-30-10-9-17(18-3-1-2-4-21(18)30)19-8-6-15(26(33)34)11-22(19)31/h1-13,21,31-32H,27H2,(H,33,34)(H,35,36,37). The van der Waals surface area contributed by atoms with Crippen LogP contribution in [0.1, 0.15) is 15.9 Å². The maximum atomic E-state index is 12.1. The van der Waals surface area contributed by atoms with Gasteiger partial charge < -0.3 is 21.1 Å². The first-order valence-corrected chi connectivity index (χ1v) is 12.5. The summed E-state index contributed by atoms with van der Waals surface area (Å²) in [5.74, 6) is -1.91. The summed E-state index contributed by atoms with van der Waals surface area (Å²) in [5.41, 5.74) is 7.32. The number of hydrogen-bond acceptors (Lipinski definition) is 8. The van der Waals surface area contributed by atoms with Crippen molar-refractivity contribution in [3.05, 3.63) is 95.7 Å². The van der Waals surface area contributed by atoms with Crippen molar-refractivity contribution < 1.29 is 33.1 Å². The Balaban J connectivity index is 1.57. The van der Waals surface area contributed by atoms with E-state index < -0.39 is 38.5 Å². The molecule has 11 nitrogen and oxygen atoms in total. The molecule has 38 heavy (non-hydrogen) atoms. The smallest absolute Gasteiger partial charge is 0.335 e. The number of rotatable bonds is 5. The minimum Gasteiger partial charge on any atom is -0.507 e. The maximum Gasteiger partial charge on any atom is 0.335 e. The summed E-state index contributed by atoms with van der Waals surface area (Å²) in [6.07, 6.45) is 10.3. The third kappa shape index (κ3) is 4.38. The summed E-state index contributed by atoms with van der Waals surface area (Å²) in [7, 11) is -4.78. The number of phenolic OH excluding ortho intramolecular Hbond substituents is 2. The second-order valence-electron chi connectivity index (χ2n) is 8.51. The molecule has 1 unspecified atom stereocenters. The van der Waals surface area contributed by atoms with Crippen LogP contribution >= 0.6 is 0 Å². The zero-order chi connectivity index (χ0) is 27.2. The first-order chi connectivity index (χ1) is 18.0. The van der Waals surface area contributed by atoms with Crippen LogP contribution in [0.2, 0.25) is 0 Å². The topological polar surface area (TPSA) is 186 Å². The van der Waals surface area contributed by atoms with Crippen molar-refractivity contribution in [2.45, 2.75) is 10.9 Å². The Morgan fingerprint density at radius 1 is 1.03 bits per heavy atom. The van der Waals surface area contributed by atoms with Crippen molar-refractivity contribution in [2.24, 2.45) is 10.3 Å². The number of carboxylic acids is 1. The van der Waals surface area contributed by atoms with E-state index >= 15 is 0 Å². The van der Waals surface area contributed by atoms with E-state index in [0.717, 1.165) is 6.07 Å². The van der Waals surface area contributed by atoms with Gasteiger partial charge in [0.05, 0.1) is 11.6 Å². The van der Waals surface area contributed by atoms with Crippen LogP contribution in [0.25, 0.3) is 16.3 Å². The fourth-order valence-electron chi connectivity index (χ4n) is 4.32. The summed E-state index contributed by atoms with van der Waals surface area (Å²) in [5, 5.41) is 40.6. The molecular weight excluding hydrogens is 512 g/mol. The number of phenols is 2. The number of carbonyl (C=O) groups is 1. The molecule has 0 saturated heterocycles. The van der Waals surface area contributed by atoms with Gasteiger partial charge in [-0.05, 0) is 59.0 Å². The SMILES string of the molecule is Nc1ccc2cc(S(=O)(=O)O)c(N=NN3C=CC(c4ccc(C(=O)O)cc4O)=C4C=CC=CC43)c(O)c2c1. The largest absolute Gasteiger partial charge is 0.507 e. The summed E-state index contributed by atoms with van der Waals surface area (Å²) in [6.45, 7) is 0. The highest BCUT2D eigenvalue weighted by atomic mass is 32.2. The number of hydrogen-bond donors (Lipinski definition) is 5. The zero-order valence-electron chi connectivity index (χ0n) is 19.4. The molecule has 3 aromatic rings. The molecule has 5 rings (SSSR count). The van der Waals surface area contributed by atoms with E-state index in [4.69, 9.17) is 5.73 Å². The van der Waals surface area contributed by atoms with Crippen LogP contribution in [0.4, 0.5) is 11.4 Å². The monoisotopic (exact) mass is 532 g/mol. The molecule has 1 aliphatic heterocycles. The molecule has 0 saturated carbocycles. The van der Waals surface area contributed by atoms with Gasteiger partial charge in [0, 0.05) is 22.8 Å². The molecule has 2 aliphatic rings. The molecule has 12 heteroatoms. The lowest BCUT2D eigenvalue weighted by Crippen LogP contribution is -2.29. The van der Waals surface area contributed by atoms with Gasteiger partial charge in [-0.25, -0.2) is 9.80 Å². The zero-order valence-corrected chi connectivity index (χ0v) is 20.2. The van der Waals surface area contributed by atoms with Gasteiger partial charge in [0.2, 0.25) is 0 Å². The van der Waals surface area contributed by atoms with Gasteiger partial charge in [0.15, 0.2) is 11.4 Å². The minimum atomic E-state index is -4.78. The third-order valence-corrected chi connectivity index (χ3v) is 6.99. The average Bonchev–Trinajstić information content (AvgIpc) is 2.87. The molecule has 1 aliphatic carbocycles. The lowest BCUT2D eigenvalue weighted by molar-refractivity contribution is 0.0696. The fraction of sp³-hybridized carbons (Fsp3) is 0.0385. The predicted octanol–water partition coefficient (Wildman–Crippen LogP) is 4.55. The number of carboxylic acid groups (broad SMARTS) is 1. The number of benzene rings is 3. The molecule has 1 heterocycles. The van der Waals surface area contributed by atoms with Crippen molar-refractivity contribution in [1.82, 2.24) is 5.01 Å². The van der Waals surface area contributed by atoms with Crippen LogP contribution in [-0.2, 0) is 10.1 Å². The van der Waals surface area contributed by atoms with Crippen LogP contribution in [0, 0.1) is 0 Å². The van der Waals surface area contributed by atoms with Crippen LogP contribution in [0.15, 0.2) is 99.9 Å². The molecule has 0 spiro atoms. The van der Waals surface area contributed by atoms with E-state index in [9.17, 15) is 33.1 Å². The van der Waals surface area contributed by atoms with Crippen LogP contribution in [0.3, 0.4) is 0 Å². The molecule has 0 amide bonds. The molecule has 1 atom stereocenters. The molecule has 0 bridgehead atoms. The Labute approximate surface area is 216 Å². The summed E-state index contributed by atoms with van der Waals surface area (Å²) >= 11 is 0. The third-order valence-electron chi connectivity index (χ3n) is 6.13. The van der Waals surface area contributed by atoms with E-state index in [2.05, 4.69) is 10.3 Å². The Morgan fingerprint density at radius 2 is 1.82 bits per heavy atom. The van der Waals surface area contributed by atoms with Crippen molar-refractivity contribution in [2.75, 3.05) is 5.73 Å². The van der Waals surface area contributed by atoms with E-state index in [1.54, 1.807) is 30.4 Å². The van der Waals surface area contributed by atoms with Gasteiger partial charge in [0.25, 0.3) is 10.1 Å². The van der Waals surface area contributed by atoms with Crippen LogP contribution in [-0.4, -0.2) is 45.3 Å². The normalized spacial score (nSPS) is 17.0. The molecule has 0 aromatic heterocycles. The number of aromatic carboxylic acids is 1. The number of anilines is 1. The number of nitrogens with zero attached hydrogens (tertiary/aromatic N) is 3. The number of aromatic hydroxyl groups is 2. The molecule has 0 fully saturated rings. The Kier molecular flexibility index (Phi) is 5.97. The quantitative estimate of drug-likeness (QED) is 0.178. The van der Waals surface area contributed by atoms with Crippen LogP contribution in [0.5, 0.6) is 11.5 Å². The first kappa shape index (κ1) is 24.7. The van der Waals surface area contributed by atoms with E-state index in [1.807, 2.05) is 0 Å². The number of nitrogen functional groups attached to an aromatic ring is 1. The Morgan fingerprint density at radius 3 is 2.53 bits per heavy atom. The number of allylic oxidation sites excluding steroid dienone is 4. The summed E-state index contributed by atoms with van der Waals surface area (Å²) in [6, 6.07) is 9.16. The molecule has 0 radical (unpaired) electrons. The summed E-state index contributed by atoms with van der Waals surface area (Å²) in [4.78, 5) is 10.6. The fourth-order valence-corrected chi connectivity index (χ4v) is 4.98. The van der Waals surface area contributed by atoms with Gasteiger partial charge >= 0.3 is 5.97 Å². The van der Waals surface area contributed by atoms with Crippen molar-refractivity contribution >= 4 is 43.8 Å². The van der Waals surface area contributed by atoms with Crippen molar-refractivity contribution in [3.8, 4) is 11.5 Å². The number of fused-ring (bicyclic) bond motifs is 2. The molecule has 192 valence electrons. The van der Waals surface area contributed by atoms with Gasteiger partial charge in [-0.1, -0.05) is 35.6 Å². The average molecular weight is 533 g/mol. The predicted molar refractivity (Wildman–Crippen MR) is 139 cm³/mol. The van der Waals surface area contributed by atoms with Crippen LogP contribution < -0.4 is 5.73 Å². The highest BCUT2D eigenvalue weighted by Gasteiger charge is 2.27. The van der Waals surface area contributed by atoms with E-state index in [-0.39, 0.29) is 16.7 Å². The van der Waals surface area contributed by atoms with E-state index in [1.165, 1.54) is 47.6 Å².